The van der Waals surface area contributed by atoms with Crippen LogP contribution >= 0.6 is 35.6 Å². The van der Waals surface area contributed by atoms with Crippen LogP contribution in [0.25, 0.3) is 11.3 Å². The third kappa shape index (κ3) is 5.48. The molecule has 11 heteroatoms. The number of amides is 4. The molecule has 4 amide bonds. The van der Waals surface area contributed by atoms with Crippen LogP contribution in [0, 0.1) is 0 Å². The molecule has 1 aliphatic rings. The van der Waals surface area contributed by atoms with Crippen LogP contribution in [0.2, 0.25) is 10.0 Å². The molecule has 1 fully saturated rings. The molecule has 0 spiro atoms. The van der Waals surface area contributed by atoms with Crippen LogP contribution in [0.3, 0.4) is 0 Å². The van der Waals surface area contributed by atoms with Gasteiger partial charge in [0.25, 0.3) is 11.8 Å². The van der Waals surface area contributed by atoms with E-state index in [0.717, 1.165) is 10.6 Å². The second-order valence-corrected chi connectivity index (χ2v) is 8.09. The topological polar surface area (TPSA) is 109 Å². The van der Waals surface area contributed by atoms with Gasteiger partial charge in [0.15, 0.2) is 0 Å². The Labute approximate surface area is 211 Å². The van der Waals surface area contributed by atoms with Crippen molar-refractivity contribution in [1.82, 2.24) is 9.91 Å². The number of carbonyl (C=O) groups excluding carboxylic acids is 3. The first-order valence-electron chi connectivity index (χ1n) is 9.90. The van der Waals surface area contributed by atoms with Gasteiger partial charge in [0.1, 0.15) is 18.1 Å². The van der Waals surface area contributed by atoms with Gasteiger partial charge >= 0.3 is 6.03 Å². The molecule has 176 valence electrons. The number of benzene rings is 2. The Bertz CT molecular complexity index is 1250. The minimum atomic E-state index is -1.04. The van der Waals surface area contributed by atoms with E-state index in [1.54, 1.807) is 30.3 Å². The summed E-state index contributed by atoms with van der Waals surface area (Å²) >= 11 is 12.0. The SMILES string of the molecule is Cl.NC(Cc1ccccc1)C(=O)N1C(=O)CN(N=Cc2ccc(-c3ccc(Cl)c(Cl)c3)o2)C1=O. The molecule has 1 atom stereocenters. The maximum Gasteiger partial charge on any atom is 0.354 e. The van der Waals surface area contributed by atoms with Crippen molar-refractivity contribution in [1.29, 1.82) is 0 Å². The molecule has 0 aliphatic carbocycles. The summed E-state index contributed by atoms with van der Waals surface area (Å²) in [4.78, 5) is 38.1. The first kappa shape index (κ1) is 25.5. The van der Waals surface area contributed by atoms with E-state index in [1.165, 1.54) is 6.21 Å². The molecule has 4 rings (SSSR count). The number of hydrazone groups is 1. The predicted octanol–water partition coefficient (Wildman–Crippen LogP) is 4.37. The Morgan fingerprint density at radius 2 is 1.82 bits per heavy atom. The summed E-state index contributed by atoms with van der Waals surface area (Å²) in [7, 11) is 0. The number of nitrogens with zero attached hydrogens (tertiary/aromatic N) is 3. The molecular formula is C23H19Cl3N4O4. The highest BCUT2D eigenvalue weighted by atomic mass is 35.5. The minimum absolute atomic E-state index is 0. The third-order valence-electron chi connectivity index (χ3n) is 4.94. The summed E-state index contributed by atoms with van der Waals surface area (Å²) in [5.74, 6) is -0.613. The van der Waals surface area contributed by atoms with Crippen molar-refractivity contribution in [2.75, 3.05) is 6.54 Å². The van der Waals surface area contributed by atoms with Gasteiger partial charge in [0, 0.05) is 5.56 Å². The second kappa shape index (κ2) is 10.8. The van der Waals surface area contributed by atoms with Crippen molar-refractivity contribution in [2.45, 2.75) is 12.5 Å². The maximum atomic E-state index is 12.6. The zero-order chi connectivity index (χ0) is 23.5. The molecule has 2 heterocycles. The van der Waals surface area contributed by atoms with Crippen LogP contribution in [-0.2, 0) is 16.0 Å². The van der Waals surface area contributed by atoms with Gasteiger partial charge in [-0.2, -0.15) is 10.0 Å². The molecule has 1 aliphatic heterocycles. The summed E-state index contributed by atoms with van der Waals surface area (Å²) in [6.07, 6.45) is 1.48. The molecule has 3 aromatic rings. The Kier molecular flexibility index (Phi) is 8.11. The molecule has 34 heavy (non-hydrogen) atoms. The molecule has 1 unspecified atom stereocenters. The molecule has 2 aromatic carbocycles. The molecule has 8 nitrogen and oxygen atoms in total. The molecule has 1 aromatic heterocycles. The third-order valence-corrected chi connectivity index (χ3v) is 5.68. The Morgan fingerprint density at radius 3 is 2.53 bits per heavy atom. The maximum absolute atomic E-state index is 12.6. The van der Waals surface area contributed by atoms with E-state index in [2.05, 4.69) is 5.10 Å². The molecule has 0 saturated carbocycles. The average molecular weight is 522 g/mol. The highest BCUT2D eigenvalue weighted by Crippen LogP contribution is 2.29. The van der Waals surface area contributed by atoms with Crippen LogP contribution in [0.4, 0.5) is 4.79 Å². The van der Waals surface area contributed by atoms with Crippen molar-refractivity contribution >= 4 is 59.7 Å². The van der Waals surface area contributed by atoms with E-state index in [4.69, 9.17) is 33.4 Å². The van der Waals surface area contributed by atoms with E-state index in [9.17, 15) is 14.4 Å². The van der Waals surface area contributed by atoms with Gasteiger partial charge in [0.05, 0.1) is 22.3 Å². The van der Waals surface area contributed by atoms with E-state index in [0.29, 0.717) is 32.0 Å². The molecular weight excluding hydrogens is 503 g/mol. The van der Waals surface area contributed by atoms with E-state index < -0.39 is 23.9 Å². The summed E-state index contributed by atoms with van der Waals surface area (Å²) in [5.41, 5.74) is 7.49. The summed E-state index contributed by atoms with van der Waals surface area (Å²) in [6.45, 7) is -0.376. The van der Waals surface area contributed by atoms with Gasteiger partial charge in [0.2, 0.25) is 0 Å². The highest BCUT2D eigenvalue weighted by Gasteiger charge is 2.42. The first-order chi connectivity index (χ1) is 15.8. The summed E-state index contributed by atoms with van der Waals surface area (Å²) in [5, 5.41) is 5.70. The van der Waals surface area contributed by atoms with Gasteiger partial charge in [-0.05, 0) is 42.3 Å². The smallest absolute Gasteiger partial charge is 0.354 e. The van der Waals surface area contributed by atoms with Crippen LogP contribution in [0.15, 0.2) is 70.2 Å². The lowest BCUT2D eigenvalue weighted by Crippen LogP contribution is -2.48. The number of imide groups is 3. The zero-order valence-electron chi connectivity index (χ0n) is 17.6. The number of urea groups is 1. The van der Waals surface area contributed by atoms with Gasteiger partial charge < -0.3 is 10.2 Å². The number of carbonyl (C=O) groups is 3. The lowest BCUT2D eigenvalue weighted by atomic mass is 10.1. The molecule has 0 radical (unpaired) electrons. The second-order valence-electron chi connectivity index (χ2n) is 7.28. The van der Waals surface area contributed by atoms with Crippen LogP contribution in [-0.4, -0.2) is 46.6 Å². The van der Waals surface area contributed by atoms with Crippen molar-refractivity contribution in [3.63, 3.8) is 0 Å². The van der Waals surface area contributed by atoms with Crippen LogP contribution in [0.5, 0.6) is 0 Å². The van der Waals surface area contributed by atoms with Crippen molar-refractivity contribution in [3.05, 3.63) is 82.0 Å². The fraction of sp³-hybridized carbons (Fsp3) is 0.130. The zero-order valence-corrected chi connectivity index (χ0v) is 19.9. The average Bonchev–Trinajstić information content (AvgIpc) is 3.38. The molecule has 2 N–H and O–H groups in total. The molecule has 0 bridgehead atoms. The predicted molar refractivity (Wildman–Crippen MR) is 131 cm³/mol. The lowest BCUT2D eigenvalue weighted by Gasteiger charge is -2.17. The number of furan rings is 1. The standard InChI is InChI=1S/C23H18Cl2N4O4.ClH/c24-17-8-6-15(11-18(17)25)20-9-7-16(33-20)12-27-28-13-21(30)29(23(28)32)22(31)19(26)10-14-4-2-1-3-5-14;/h1-9,11-12,19H,10,13,26H2;1H. The quantitative estimate of drug-likeness (QED) is 0.383. The summed E-state index contributed by atoms with van der Waals surface area (Å²) in [6, 6.07) is 15.6. The van der Waals surface area contributed by atoms with E-state index >= 15 is 0 Å². The number of hydrogen-bond acceptors (Lipinski definition) is 6. The van der Waals surface area contributed by atoms with Gasteiger partial charge in [-0.3, -0.25) is 9.59 Å². The fourth-order valence-electron chi connectivity index (χ4n) is 3.27. The fourth-order valence-corrected chi connectivity index (χ4v) is 3.57. The van der Waals surface area contributed by atoms with Gasteiger partial charge in [-0.25, -0.2) is 9.80 Å². The Hall–Kier alpha value is -3.17. The van der Waals surface area contributed by atoms with Crippen molar-refractivity contribution < 1.29 is 18.8 Å². The number of nitrogens with two attached hydrogens (primary N) is 1. The van der Waals surface area contributed by atoms with Crippen LogP contribution in [0.1, 0.15) is 11.3 Å². The first-order valence-corrected chi connectivity index (χ1v) is 10.7. The minimum Gasteiger partial charge on any atom is -0.455 e. The van der Waals surface area contributed by atoms with Crippen LogP contribution < -0.4 is 5.73 Å². The summed E-state index contributed by atoms with van der Waals surface area (Å²) < 4.78 is 5.69. The number of rotatable bonds is 6. The molecule has 1 saturated heterocycles. The number of halogens is 3. The van der Waals surface area contributed by atoms with Gasteiger partial charge in [-0.15, -0.1) is 12.4 Å². The largest absolute Gasteiger partial charge is 0.455 e. The van der Waals surface area contributed by atoms with Crippen molar-refractivity contribution in [3.8, 4) is 11.3 Å². The highest BCUT2D eigenvalue weighted by molar-refractivity contribution is 6.42. The lowest BCUT2D eigenvalue weighted by molar-refractivity contribution is -0.139. The van der Waals surface area contributed by atoms with Gasteiger partial charge in [-0.1, -0.05) is 53.5 Å². The Balaban J connectivity index is 0.00000324. The van der Waals surface area contributed by atoms with E-state index in [-0.39, 0.29) is 25.4 Å². The Morgan fingerprint density at radius 1 is 1.09 bits per heavy atom. The normalized spacial score (nSPS) is 14.6. The number of hydrogen-bond donors (Lipinski definition) is 1. The van der Waals surface area contributed by atoms with E-state index in [1.807, 2.05) is 30.3 Å². The van der Waals surface area contributed by atoms with Crippen molar-refractivity contribution in [2.24, 2.45) is 10.8 Å². The monoisotopic (exact) mass is 520 g/mol.